The smallest absolute Gasteiger partial charge is 0.0852 e. The van der Waals surface area contributed by atoms with E-state index in [-0.39, 0.29) is 33.5 Å². The summed E-state index contributed by atoms with van der Waals surface area (Å²) < 4.78 is 0. The maximum absolute atomic E-state index is 11.8. The number of hydrogen-bond donors (Lipinski definition) is 4. The zero-order chi connectivity index (χ0) is 25.5. The van der Waals surface area contributed by atoms with Crippen molar-refractivity contribution in [3.05, 3.63) is 11.6 Å². The molecule has 34 heavy (non-hydrogen) atoms. The Morgan fingerprint density at radius 3 is 2.15 bits per heavy atom. The molecule has 0 saturated heterocycles. The highest BCUT2D eigenvalue weighted by Crippen LogP contribution is 2.75. The molecule has 0 amide bonds. The molecule has 0 heterocycles. The average molecular weight is 477 g/mol. The van der Waals surface area contributed by atoms with Crippen molar-refractivity contribution >= 4 is 0 Å². The maximum atomic E-state index is 11.8. The first-order valence-corrected chi connectivity index (χ1v) is 13.9. The highest BCUT2D eigenvalue weighted by molar-refractivity contribution is 5.20. The number of rotatable bonds is 4. The van der Waals surface area contributed by atoms with Gasteiger partial charge in [0.05, 0.1) is 23.9 Å². The van der Waals surface area contributed by atoms with E-state index in [1.807, 2.05) is 6.92 Å². The molecule has 4 saturated carbocycles. The molecule has 4 nitrogen and oxygen atoms in total. The Hall–Kier alpha value is -0.420. The Balaban J connectivity index is 1.68. The fraction of sp³-hybridized carbons (Fsp3) is 0.933. The zero-order valence-electron chi connectivity index (χ0n) is 23.1. The second-order valence-electron chi connectivity index (χ2n) is 14.7. The van der Waals surface area contributed by atoms with Crippen molar-refractivity contribution in [3.8, 4) is 0 Å². The lowest BCUT2D eigenvalue weighted by Gasteiger charge is -2.71. The van der Waals surface area contributed by atoms with E-state index in [0.717, 1.165) is 44.9 Å². The van der Waals surface area contributed by atoms with Crippen molar-refractivity contribution in [2.24, 2.45) is 45.3 Å². The Labute approximate surface area is 208 Å². The van der Waals surface area contributed by atoms with Crippen LogP contribution < -0.4 is 0 Å². The number of aliphatic hydroxyl groups is 4. The van der Waals surface area contributed by atoms with E-state index in [9.17, 15) is 20.4 Å². The number of aliphatic hydroxyl groups excluding tert-OH is 3. The van der Waals surface area contributed by atoms with Crippen LogP contribution in [-0.2, 0) is 0 Å². The molecule has 0 aromatic rings. The van der Waals surface area contributed by atoms with Crippen molar-refractivity contribution in [3.63, 3.8) is 0 Å². The third-order valence-electron chi connectivity index (χ3n) is 12.3. The van der Waals surface area contributed by atoms with E-state index in [4.69, 9.17) is 0 Å². The van der Waals surface area contributed by atoms with Crippen LogP contribution in [0.5, 0.6) is 0 Å². The predicted octanol–water partition coefficient (Wildman–Crippen LogP) is 5.47. The maximum Gasteiger partial charge on any atom is 0.0852 e. The number of hydrogen-bond acceptors (Lipinski definition) is 4. The SMILES string of the molecule is CC(C)=CCC[C@](C)(O)[C@H]1CC[C@]2(C)[C@@H]1[C@H](O)C[C@@H]1[C@@]3(C)C[C@@H](O)[C@H](O)C(C)(C)[C@@H]3CC[C@]12C. The van der Waals surface area contributed by atoms with Gasteiger partial charge >= 0.3 is 0 Å². The lowest BCUT2D eigenvalue weighted by molar-refractivity contribution is -0.263. The van der Waals surface area contributed by atoms with Crippen LogP contribution in [0.4, 0.5) is 0 Å². The van der Waals surface area contributed by atoms with Crippen LogP contribution in [0, 0.1) is 45.3 Å². The summed E-state index contributed by atoms with van der Waals surface area (Å²) in [6.45, 7) is 17.7. The normalized spacial score (nSPS) is 51.6. The van der Waals surface area contributed by atoms with Gasteiger partial charge in [0.25, 0.3) is 0 Å². The molecule has 11 atom stereocenters. The van der Waals surface area contributed by atoms with E-state index < -0.39 is 23.9 Å². The van der Waals surface area contributed by atoms with Gasteiger partial charge in [-0.2, -0.15) is 0 Å². The molecule has 4 fully saturated rings. The fourth-order valence-corrected chi connectivity index (χ4v) is 10.4. The van der Waals surface area contributed by atoms with Gasteiger partial charge in [-0.1, -0.05) is 46.3 Å². The van der Waals surface area contributed by atoms with E-state index in [1.54, 1.807) is 0 Å². The van der Waals surface area contributed by atoms with Gasteiger partial charge in [-0.3, -0.25) is 0 Å². The van der Waals surface area contributed by atoms with E-state index in [0.29, 0.717) is 18.3 Å². The summed E-state index contributed by atoms with van der Waals surface area (Å²) in [6.07, 6.45) is 7.49. The van der Waals surface area contributed by atoms with Gasteiger partial charge < -0.3 is 20.4 Å². The molecule has 4 heteroatoms. The lowest BCUT2D eigenvalue weighted by Crippen LogP contribution is -2.68. The largest absolute Gasteiger partial charge is 0.393 e. The monoisotopic (exact) mass is 476 g/mol. The molecule has 4 N–H and O–H groups in total. The standard InChI is InChI=1S/C30H52O4/c1-18(2)10-9-13-30(8,34)19-11-14-29(7)24(19)20(31)16-23-27(5)17-21(32)25(33)26(3,4)22(27)12-15-28(23,29)6/h10,19-25,31-34H,9,11-17H2,1-8H3/t19-,20+,21+,22-,23+,24-,25-,27-,28+,29+,30-/m0/s1. The lowest BCUT2D eigenvalue weighted by atomic mass is 9.35. The first kappa shape index (κ1) is 26.6. The van der Waals surface area contributed by atoms with Crippen LogP contribution in [0.3, 0.4) is 0 Å². The Kier molecular flexibility index (Phi) is 6.50. The topological polar surface area (TPSA) is 80.9 Å². The first-order chi connectivity index (χ1) is 15.5. The van der Waals surface area contributed by atoms with Crippen LogP contribution in [0.15, 0.2) is 11.6 Å². The molecule has 0 aromatic heterocycles. The minimum atomic E-state index is -0.785. The number of allylic oxidation sites excluding steroid dienone is 2. The van der Waals surface area contributed by atoms with Gasteiger partial charge in [-0.05, 0) is 117 Å². The van der Waals surface area contributed by atoms with Crippen LogP contribution >= 0.6 is 0 Å². The van der Waals surface area contributed by atoms with Gasteiger partial charge in [0.15, 0.2) is 0 Å². The first-order valence-electron chi connectivity index (χ1n) is 13.9. The summed E-state index contributed by atoms with van der Waals surface area (Å²) in [5.74, 6) is 0.832. The summed E-state index contributed by atoms with van der Waals surface area (Å²) in [4.78, 5) is 0. The van der Waals surface area contributed by atoms with Crippen LogP contribution in [0.2, 0.25) is 0 Å². The molecule has 196 valence electrons. The van der Waals surface area contributed by atoms with Crippen LogP contribution in [0.1, 0.15) is 107 Å². The molecular formula is C30H52O4. The van der Waals surface area contributed by atoms with Crippen molar-refractivity contribution in [1.82, 2.24) is 0 Å². The third kappa shape index (κ3) is 3.60. The summed E-state index contributed by atoms with van der Waals surface area (Å²) in [5, 5.41) is 45.2. The molecule has 4 aliphatic rings. The van der Waals surface area contributed by atoms with E-state index in [2.05, 4.69) is 54.5 Å². The fourth-order valence-electron chi connectivity index (χ4n) is 10.4. The second-order valence-corrected chi connectivity index (χ2v) is 14.7. The Bertz CT molecular complexity index is 813. The summed E-state index contributed by atoms with van der Waals surface area (Å²) in [7, 11) is 0. The minimum Gasteiger partial charge on any atom is -0.393 e. The molecule has 0 bridgehead atoms. The van der Waals surface area contributed by atoms with Crippen LogP contribution in [0.25, 0.3) is 0 Å². The Morgan fingerprint density at radius 1 is 0.912 bits per heavy atom. The number of fused-ring (bicyclic) bond motifs is 5. The molecule has 0 aliphatic heterocycles. The zero-order valence-corrected chi connectivity index (χ0v) is 23.1. The third-order valence-corrected chi connectivity index (χ3v) is 12.3. The van der Waals surface area contributed by atoms with Crippen molar-refractivity contribution < 1.29 is 20.4 Å². The molecule has 0 spiro atoms. The molecule has 0 radical (unpaired) electrons. The molecule has 4 rings (SSSR count). The molecule has 0 unspecified atom stereocenters. The van der Waals surface area contributed by atoms with Gasteiger partial charge in [-0.25, -0.2) is 0 Å². The summed E-state index contributed by atoms with van der Waals surface area (Å²) in [5.41, 5.74) is 0.0438. The van der Waals surface area contributed by atoms with Gasteiger partial charge in [0, 0.05) is 0 Å². The van der Waals surface area contributed by atoms with Crippen molar-refractivity contribution in [2.45, 2.75) is 131 Å². The van der Waals surface area contributed by atoms with Crippen molar-refractivity contribution in [1.29, 1.82) is 0 Å². The minimum absolute atomic E-state index is 0.0420. The van der Waals surface area contributed by atoms with E-state index >= 15 is 0 Å². The second kappa shape index (κ2) is 8.30. The Morgan fingerprint density at radius 2 is 1.53 bits per heavy atom. The molecular weight excluding hydrogens is 424 g/mol. The molecule has 4 aliphatic carbocycles. The summed E-state index contributed by atoms with van der Waals surface area (Å²) in [6, 6.07) is 0. The van der Waals surface area contributed by atoms with Crippen LogP contribution in [-0.4, -0.2) is 44.3 Å². The molecule has 0 aromatic carbocycles. The van der Waals surface area contributed by atoms with E-state index in [1.165, 1.54) is 5.57 Å². The summed E-state index contributed by atoms with van der Waals surface area (Å²) >= 11 is 0. The quantitative estimate of drug-likeness (QED) is 0.406. The van der Waals surface area contributed by atoms with Gasteiger partial charge in [-0.15, -0.1) is 0 Å². The van der Waals surface area contributed by atoms with Crippen molar-refractivity contribution in [2.75, 3.05) is 0 Å². The van der Waals surface area contributed by atoms with Gasteiger partial charge in [0.2, 0.25) is 0 Å². The highest BCUT2D eigenvalue weighted by Gasteiger charge is 2.71. The van der Waals surface area contributed by atoms with Gasteiger partial charge in [0.1, 0.15) is 0 Å². The predicted molar refractivity (Wildman–Crippen MR) is 137 cm³/mol. The highest BCUT2D eigenvalue weighted by atomic mass is 16.3. The average Bonchev–Trinajstić information content (AvgIpc) is 3.09.